The summed E-state index contributed by atoms with van der Waals surface area (Å²) in [7, 11) is 0. The zero-order valence-corrected chi connectivity index (χ0v) is 9.88. The molecule has 1 fully saturated rings. The summed E-state index contributed by atoms with van der Waals surface area (Å²) >= 11 is 3.39. The van der Waals surface area contributed by atoms with Crippen LogP contribution in [-0.4, -0.2) is 11.4 Å². The van der Waals surface area contributed by atoms with Crippen LogP contribution in [0.1, 0.15) is 19.3 Å². The van der Waals surface area contributed by atoms with Gasteiger partial charge in [-0.2, -0.15) is 0 Å². The number of amides is 1. The predicted octanol–water partition coefficient (Wildman–Crippen LogP) is 2.27. The minimum absolute atomic E-state index is 0.256. The zero-order valence-electron chi connectivity index (χ0n) is 8.29. The quantitative estimate of drug-likeness (QED) is 0.884. The van der Waals surface area contributed by atoms with E-state index in [-0.39, 0.29) is 5.91 Å². The molecule has 1 aliphatic carbocycles. The zero-order chi connectivity index (χ0) is 10.9. The number of hydrogen-bond donors (Lipinski definition) is 2. The molecule has 0 saturated heterocycles. The lowest BCUT2D eigenvalue weighted by molar-refractivity contribution is -0.124. The van der Waals surface area contributed by atoms with Crippen LogP contribution in [0, 0.1) is 0 Å². The van der Waals surface area contributed by atoms with Crippen LogP contribution in [0.2, 0.25) is 0 Å². The predicted molar refractivity (Wildman–Crippen MR) is 63.5 cm³/mol. The van der Waals surface area contributed by atoms with Gasteiger partial charge in [0.05, 0.1) is 0 Å². The van der Waals surface area contributed by atoms with E-state index in [0.29, 0.717) is 0 Å². The van der Waals surface area contributed by atoms with Crippen LogP contribution >= 0.6 is 15.9 Å². The lowest BCUT2D eigenvalue weighted by Crippen LogP contribution is -2.55. The summed E-state index contributed by atoms with van der Waals surface area (Å²) in [5.74, 6) is -0.256. The van der Waals surface area contributed by atoms with Crippen molar-refractivity contribution in [2.45, 2.75) is 24.8 Å². The highest BCUT2D eigenvalue weighted by atomic mass is 79.9. The Morgan fingerprint density at radius 3 is 2.67 bits per heavy atom. The number of benzene rings is 1. The summed E-state index contributed by atoms with van der Waals surface area (Å²) in [5, 5.41) is 3.23. The minimum atomic E-state index is -0.513. The van der Waals surface area contributed by atoms with Crippen LogP contribution < -0.4 is 11.1 Å². The second-order valence-electron chi connectivity index (χ2n) is 3.94. The van der Waals surface area contributed by atoms with E-state index in [4.69, 9.17) is 5.73 Å². The number of nitrogens with one attached hydrogen (secondary N) is 1. The molecule has 2 rings (SSSR count). The van der Waals surface area contributed by atoms with Crippen molar-refractivity contribution in [1.29, 1.82) is 0 Å². The van der Waals surface area contributed by atoms with Crippen LogP contribution in [-0.2, 0) is 4.79 Å². The number of nitrogens with two attached hydrogens (primary N) is 1. The summed E-state index contributed by atoms with van der Waals surface area (Å²) in [6.45, 7) is 0. The van der Waals surface area contributed by atoms with E-state index >= 15 is 0 Å². The number of hydrogen-bond acceptors (Lipinski definition) is 2. The number of carbonyl (C=O) groups is 1. The fourth-order valence-corrected chi connectivity index (χ4v) is 2.21. The molecule has 0 radical (unpaired) electrons. The first-order valence-corrected chi connectivity index (χ1v) is 5.75. The van der Waals surface area contributed by atoms with Crippen molar-refractivity contribution in [1.82, 2.24) is 0 Å². The summed E-state index contributed by atoms with van der Waals surface area (Å²) in [5.41, 5.74) is 5.83. The van der Waals surface area contributed by atoms with Crippen LogP contribution in [0.25, 0.3) is 0 Å². The maximum atomic E-state index is 11.3. The first kappa shape index (κ1) is 10.5. The van der Waals surface area contributed by atoms with Gasteiger partial charge in [-0.15, -0.1) is 0 Å². The van der Waals surface area contributed by atoms with Gasteiger partial charge >= 0.3 is 0 Å². The number of primary amides is 1. The Balaban J connectivity index is 2.17. The van der Waals surface area contributed by atoms with Gasteiger partial charge in [0, 0.05) is 10.2 Å². The Morgan fingerprint density at radius 1 is 1.47 bits per heavy atom. The summed E-state index contributed by atoms with van der Waals surface area (Å²) in [6.07, 6.45) is 2.72. The van der Waals surface area contributed by atoms with Crippen molar-refractivity contribution in [2.24, 2.45) is 5.73 Å². The monoisotopic (exact) mass is 268 g/mol. The van der Waals surface area contributed by atoms with E-state index in [9.17, 15) is 4.79 Å². The molecule has 0 aromatic heterocycles. The molecule has 1 aromatic carbocycles. The highest BCUT2D eigenvalue weighted by molar-refractivity contribution is 9.10. The van der Waals surface area contributed by atoms with Gasteiger partial charge in [0.1, 0.15) is 5.54 Å². The minimum Gasteiger partial charge on any atom is -0.371 e. The standard InChI is InChI=1S/C11H13BrN2O/c12-8-3-1-4-9(7-8)14-11(10(13)15)5-2-6-11/h1,3-4,7,14H,2,5-6H2,(H2,13,15). The second-order valence-corrected chi connectivity index (χ2v) is 4.85. The van der Waals surface area contributed by atoms with Gasteiger partial charge in [0.15, 0.2) is 0 Å². The van der Waals surface area contributed by atoms with Gasteiger partial charge in [0.25, 0.3) is 0 Å². The molecule has 1 saturated carbocycles. The molecular weight excluding hydrogens is 256 g/mol. The van der Waals surface area contributed by atoms with Gasteiger partial charge in [-0.1, -0.05) is 22.0 Å². The number of halogens is 1. The van der Waals surface area contributed by atoms with Crippen molar-refractivity contribution < 1.29 is 4.79 Å². The van der Waals surface area contributed by atoms with E-state index in [2.05, 4.69) is 21.2 Å². The molecule has 1 aliphatic rings. The topological polar surface area (TPSA) is 55.1 Å². The SMILES string of the molecule is NC(=O)C1(Nc2cccc(Br)c2)CCC1. The lowest BCUT2D eigenvalue weighted by atomic mass is 9.76. The second kappa shape index (κ2) is 3.85. The molecule has 1 amide bonds. The van der Waals surface area contributed by atoms with Crippen molar-refractivity contribution in [3.63, 3.8) is 0 Å². The van der Waals surface area contributed by atoms with E-state index in [0.717, 1.165) is 29.4 Å². The lowest BCUT2D eigenvalue weighted by Gasteiger charge is -2.40. The van der Waals surface area contributed by atoms with Crippen LogP contribution in [0.15, 0.2) is 28.7 Å². The summed E-state index contributed by atoms with van der Waals surface area (Å²) in [4.78, 5) is 11.3. The number of carbonyl (C=O) groups excluding carboxylic acids is 1. The Kier molecular flexibility index (Phi) is 2.69. The smallest absolute Gasteiger partial charge is 0.243 e. The molecule has 3 nitrogen and oxygen atoms in total. The molecule has 80 valence electrons. The third kappa shape index (κ3) is 2.00. The van der Waals surface area contributed by atoms with Crippen molar-refractivity contribution in [3.05, 3.63) is 28.7 Å². The third-order valence-electron chi connectivity index (χ3n) is 2.89. The van der Waals surface area contributed by atoms with Gasteiger partial charge in [-0.05, 0) is 37.5 Å². The van der Waals surface area contributed by atoms with Gasteiger partial charge < -0.3 is 11.1 Å². The fourth-order valence-electron chi connectivity index (χ4n) is 1.81. The number of rotatable bonds is 3. The molecule has 3 N–H and O–H groups in total. The molecule has 0 spiro atoms. The van der Waals surface area contributed by atoms with Gasteiger partial charge in [0.2, 0.25) is 5.91 Å². The Morgan fingerprint density at radius 2 is 2.20 bits per heavy atom. The summed E-state index contributed by atoms with van der Waals surface area (Å²) in [6, 6.07) is 7.76. The van der Waals surface area contributed by atoms with Crippen molar-refractivity contribution in [2.75, 3.05) is 5.32 Å². The average molecular weight is 269 g/mol. The van der Waals surface area contributed by atoms with Gasteiger partial charge in [-0.25, -0.2) is 0 Å². The average Bonchev–Trinajstić information content (AvgIpc) is 2.11. The first-order chi connectivity index (χ1) is 7.12. The molecule has 1 aromatic rings. The maximum absolute atomic E-state index is 11.3. The first-order valence-electron chi connectivity index (χ1n) is 4.96. The van der Waals surface area contributed by atoms with Crippen LogP contribution in [0.5, 0.6) is 0 Å². The molecule has 4 heteroatoms. The Hall–Kier alpha value is -1.03. The van der Waals surface area contributed by atoms with E-state index < -0.39 is 5.54 Å². The van der Waals surface area contributed by atoms with Crippen molar-refractivity contribution in [3.8, 4) is 0 Å². The molecule has 15 heavy (non-hydrogen) atoms. The highest BCUT2D eigenvalue weighted by Crippen LogP contribution is 2.35. The molecule has 0 atom stereocenters. The van der Waals surface area contributed by atoms with Gasteiger partial charge in [-0.3, -0.25) is 4.79 Å². The van der Waals surface area contributed by atoms with E-state index in [1.807, 2.05) is 24.3 Å². The Labute approximate surface area is 97.2 Å². The molecule has 0 aliphatic heterocycles. The van der Waals surface area contributed by atoms with Crippen LogP contribution in [0.3, 0.4) is 0 Å². The fraction of sp³-hybridized carbons (Fsp3) is 0.364. The normalized spacial score (nSPS) is 17.9. The molecular formula is C11H13BrN2O. The number of anilines is 1. The highest BCUT2D eigenvalue weighted by Gasteiger charge is 2.42. The van der Waals surface area contributed by atoms with E-state index in [1.165, 1.54) is 0 Å². The molecule has 0 unspecified atom stereocenters. The largest absolute Gasteiger partial charge is 0.371 e. The van der Waals surface area contributed by atoms with E-state index in [1.54, 1.807) is 0 Å². The molecule has 0 heterocycles. The third-order valence-corrected chi connectivity index (χ3v) is 3.38. The Bertz CT molecular complexity index is 388. The van der Waals surface area contributed by atoms with Crippen molar-refractivity contribution >= 4 is 27.5 Å². The van der Waals surface area contributed by atoms with Crippen LogP contribution in [0.4, 0.5) is 5.69 Å². The molecule has 0 bridgehead atoms. The summed E-state index contributed by atoms with van der Waals surface area (Å²) < 4.78 is 0.992. The maximum Gasteiger partial charge on any atom is 0.243 e.